The van der Waals surface area contributed by atoms with E-state index < -0.39 is 0 Å². The minimum Gasteiger partial charge on any atom is -0.486 e. The number of rotatable bonds is 6. The molecule has 5 nitrogen and oxygen atoms in total. The maximum absolute atomic E-state index is 6.37. The molecule has 0 saturated carbocycles. The van der Waals surface area contributed by atoms with Crippen LogP contribution in [-0.4, -0.2) is 57.6 Å². The Balaban J connectivity index is 1.56. The molecule has 1 fully saturated rings. The van der Waals surface area contributed by atoms with Crippen LogP contribution in [0.5, 0.6) is 11.5 Å². The van der Waals surface area contributed by atoms with Crippen LogP contribution < -0.4 is 19.7 Å². The molecule has 2 aromatic rings. The molecule has 2 heterocycles. The highest BCUT2D eigenvalue weighted by Crippen LogP contribution is 2.41. The molecule has 0 radical (unpaired) electrons. The van der Waals surface area contributed by atoms with Gasteiger partial charge in [-0.1, -0.05) is 11.6 Å². The number of fused-ring (bicyclic) bond motifs is 1. The van der Waals surface area contributed by atoms with Gasteiger partial charge in [0.2, 0.25) is 0 Å². The fourth-order valence-electron chi connectivity index (χ4n) is 4.42. The highest BCUT2D eigenvalue weighted by molar-refractivity contribution is 7.98. The number of anilines is 2. The van der Waals surface area contributed by atoms with Crippen LogP contribution in [0.1, 0.15) is 31.4 Å². The van der Waals surface area contributed by atoms with Gasteiger partial charge in [0.05, 0.1) is 11.7 Å². The van der Waals surface area contributed by atoms with Crippen molar-refractivity contribution in [2.24, 2.45) is 0 Å². The van der Waals surface area contributed by atoms with Crippen molar-refractivity contribution in [2.75, 3.05) is 56.9 Å². The number of nitrogens with zero attached hydrogens (tertiary/aromatic N) is 2. The van der Waals surface area contributed by atoms with E-state index in [1.807, 2.05) is 12.1 Å². The molecule has 2 aliphatic rings. The minimum atomic E-state index is 0.0229. The summed E-state index contributed by atoms with van der Waals surface area (Å²) < 4.78 is 11.7. The second kappa shape index (κ2) is 9.80. The second-order valence-electron chi connectivity index (χ2n) is 8.45. The Kier molecular flexibility index (Phi) is 7.09. The Labute approximate surface area is 195 Å². The third kappa shape index (κ3) is 5.02. The van der Waals surface area contributed by atoms with Gasteiger partial charge in [0.25, 0.3) is 0 Å². The predicted molar refractivity (Wildman–Crippen MR) is 132 cm³/mol. The van der Waals surface area contributed by atoms with Crippen molar-refractivity contribution in [2.45, 2.75) is 36.7 Å². The molecule has 1 saturated heterocycles. The Hall–Kier alpha value is -1.76. The first-order valence-electron chi connectivity index (χ1n) is 10.9. The van der Waals surface area contributed by atoms with Crippen LogP contribution in [0.25, 0.3) is 0 Å². The van der Waals surface area contributed by atoms with Gasteiger partial charge < -0.3 is 24.6 Å². The quantitative estimate of drug-likeness (QED) is 0.569. The molecule has 2 aromatic carbocycles. The van der Waals surface area contributed by atoms with E-state index in [-0.39, 0.29) is 6.04 Å². The molecule has 0 aliphatic carbocycles. The topological polar surface area (TPSA) is 37.0 Å². The van der Waals surface area contributed by atoms with Gasteiger partial charge >= 0.3 is 0 Å². The fraction of sp³-hybridized carbons (Fsp3) is 0.500. The number of halogens is 1. The van der Waals surface area contributed by atoms with Crippen LogP contribution in [0.15, 0.2) is 35.2 Å². The number of hydrogen-bond acceptors (Lipinski definition) is 6. The first-order chi connectivity index (χ1) is 15.0. The van der Waals surface area contributed by atoms with Crippen LogP contribution in [0.4, 0.5) is 11.4 Å². The van der Waals surface area contributed by atoms with Crippen molar-refractivity contribution in [1.29, 1.82) is 0 Å². The van der Waals surface area contributed by atoms with Crippen LogP contribution in [-0.2, 0) is 0 Å². The summed E-state index contributed by atoms with van der Waals surface area (Å²) in [6, 6.07) is 11.3. The number of piperidine rings is 1. The number of nitrogens with one attached hydrogen (secondary N) is 1. The maximum Gasteiger partial charge on any atom is 0.166 e. The van der Waals surface area contributed by atoms with E-state index in [0.29, 0.717) is 24.3 Å². The van der Waals surface area contributed by atoms with Crippen molar-refractivity contribution in [3.63, 3.8) is 0 Å². The molecule has 1 N–H and O–H groups in total. The van der Waals surface area contributed by atoms with Crippen molar-refractivity contribution in [1.82, 2.24) is 4.90 Å². The molecular formula is C24H32ClN3O2S. The van der Waals surface area contributed by atoms with Crippen LogP contribution in [0.3, 0.4) is 0 Å². The van der Waals surface area contributed by atoms with Crippen molar-refractivity contribution < 1.29 is 9.47 Å². The lowest BCUT2D eigenvalue weighted by Crippen LogP contribution is -2.42. The molecule has 0 bridgehead atoms. The predicted octanol–water partition coefficient (Wildman–Crippen LogP) is 5.54. The van der Waals surface area contributed by atoms with E-state index in [0.717, 1.165) is 35.8 Å². The zero-order chi connectivity index (χ0) is 22.0. The normalized spacial score (nSPS) is 17.7. The monoisotopic (exact) mass is 461 g/mol. The van der Waals surface area contributed by atoms with Gasteiger partial charge in [-0.05, 0) is 64.4 Å². The molecule has 2 aliphatic heterocycles. The summed E-state index contributed by atoms with van der Waals surface area (Å²) >= 11 is 8.13. The molecule has 0 spiro atoms. The van der Waals surface area contributed by atoms with Gasteiger partial charge in [-0.2, -0.15) is 0 Å². The molecule has 1 unspecified atom stereocenters. The van der Waals surface area contributed by atoms with Crippen molar-refractivity contribution in [3.8, 4) is 11.5 Å². The molecule has 0 amide bonds. The Morgan fingerprint density at radius 1 is 1.13 bits per heavy atom. The van der Waals surface area contributed by atoms with E-state index in [1.54, 1.807) is 11.8 Å². The van der Waals surface area contributed by atoms with Gasteiger partial charge in [0, 0.05) is 46.4 Å². The molecule has 0 aromatic heterocycles. The van der Waals surface area contributed by atoms with E-state index in [4.69, 9.17) is 21.1 Å². The largest absolute Gasteiger partial charge is 0.486 e. The summed E-state index contributed by atoms with van der Waals surface area (Å²) in [6.45, 7) is 5.43. The lowest BCUT2D eigenvalue weighted by Gasteiger charge is -2.36. The van der Waals surface area contributed by atoms with Gasteiger partial charge in [-0.15, -0.1) is 11.8 Å². The number of thioether (sulfide) groups is 1. The van der Waals surface area contributed by atoms with Crippen molar-refractivity contribution >= 4 is 34.7 Å². The number of ether oxygens (including phenoxy) is 2. The van der Waals surface area contributed by atoms with Gasteiger partial charge in [-0.25, -0.2) is 0 Å². The van der Waals surface area contributed by atoms with E-state index in [9.17, 15) is 0 Å². The van der Waals surface area contributed by atoms with E-state index >= 15 is 0 Å². The summed E-state index contributed by atoms with van der Waals surface area (Å²) in [5, 5.41) is 4.37. The third-order valence-electron chi connectivity index (χ3n) is 6.22. The molecule has 31 heavy (non-hydrogen) atoms. The SMILES string of the molecule is CSc1ccc(N2CCC(N(C)C)CC2)cc1NC(C)c1cc(Cl)cc2c1OCCO2. The lowest BCUT2D eigenvalue weighted by molar-refractivity contribution is 0.169. The Morgan fingerprint density at radius 2 is 1.87 bits per heavy atom. The van der Waals surface area contributed by atoms with Gasteiger partial charge in [0.1, 0.15) is 13.2 Å². The average molecular weight is 462 g/mol. The highest BCUT2D eigenvalue weighted by Gasteiger charge is 2.23. The number of hydrogen-bond donors (Lipinski definition) is 1. The highest BCUT2D eigenvalue weighted by atomic mass is 35.5. The van der Waals surface area contributed by atoms with Crippen molar-refractivity contribution in [3.05, 3.63) is 40.9 Å². The molecule has 168 valence electrons. The lowest BCUT2D eigenvalue weighted by atomic mass is 10.0. The average Bonchev–Trinajstić information content (AvgIpc) is 2.78. The Bertz CT molecular complexity index is 916. The fourth-order valence-corrected chi connectivity index (χ4v) is 5.18. The maximum atomic E-state index is 6.37. The summed E-state index contributed by atoms with van der Waals surface area (Å²) in [6.07, 6.45) is 4.51. The third-order valence-corrected chi connectivity index (χ3v) is 7.23. The summed E-state index contributed by atoms with van der Waals surface area (Å²) in [5.41, 5.74) is 3.43. The van der Waals surface area contributed by atoms with Gasteiger partial charge in [0.15, 0.2) is 11.5 Å². The van der Waals surface area contributed by atoms with E-state index in [2.05, 4.69) is 60.6 Å². The second-order valence-corrected chi connectivity index (χ2v) is 9.74. The molecule has 4 rings (SSSR count). The first-order valence-corrected chi connectivity index (χ1v) is 12.5. The minimum absolute atomic E-state index is 0.0229. The molecule has 1 atom stereocenters. The standard InChI is InChI=1S/C24H32ClN3O2S/c1-16(20-13-17(25)14-22-24(20)30-12-11-29-22)26-21-15-19(5-6-23(21)31-4)28-9-7-18(8-10-28)27(2)3/h5-6,13-16,18,26H,7-12H2,1-4H3. The smallest absolute Gasteiger partial charge is 0.166 e. The zero-order valence-corrected chi connectivity index (χ0v) is 20.4. The summed E-state index contributed by atoms with van der Waals surface area (Å²) in [4.78, 5) is 6.07. The van der Waals surface area contributed by atoms with E-state index in [1.165, 1.54) is 23.4 Å². The molecule has 7 heteroatoms. The summed E-state index contributed by atoms with van der Waals surface area (Å²) in [5.74, 6) is 1.52. The van der Waals surface area contributed by atoms with Gasteiger partial charge in [-0.3, -0.25) is 0 Å². The zero-order valence-electron chi connectivity index (χ0n) is 18.8. The Morgan fingerprint density at radius 3 is 2.58 bits per heavy atom. The van der Waals surface area contributed by atoms with Crippen LogP contribution in [0.2, 0.25) is 5.02 Å². The molecular weight excluding hydrogens is 430 g/mol. The summed E-state index contributed by atoms with van der Waals surface area (Å²) in [7, 11) is 4.36. The first kappa shape index (κ1) is 22.4. The number of benzene rings is 2. The van der Waals surface area contributed by atoms with Crippen LogP contribution >= 0.6 is 23.4 Å². The van der Waals surface area contributed by atoms with Crippen LogP contribution in [0, 0.1) is 0 Å².